The van der Waals surface area contributed by atoms with Crippen molar-refractivity contribution in [3.63, 3.8) is 0 Å². The van der Waals surface area contributed by atoms with E-state index in [1.54, 1.807) is 0 Å². The molecule has 0 amide bonds. The fraction of sp³-hybridized carbons (Fsp3) is 0.417. The predicted octanol–water partition coefficient (Wildman–Crippen LogP) is -1.81. The van der Waals surface area contributed by atoms with Gasteiger partial charge in [0.25, 0.3) is 7.82 Å². The largest absolute Gasteiger partial charge is 0.756 e. The van der Waals surface area contributed by atoms with Crippen molar-refractivity contribution in [1.29, 1.82) is 0 Å². The highest BCUT2D eigenvalue weighted by Gasteiger charge is 2.51. The zero-order chi connectivity index (χ0) is 44.4. The molecule has 4 aromatic heterocycles. The lowest BCUT2D eigenvalue weighted by atomic mass is 10.1. The Labute approximate surface area is 337 Å². The number of rotatable bonds is 16. The highest BCUT2D eigenvalue weighted by molar-refractivity contribution is 7.71. The van der Waals surface area contributed by atoms with Crippen molar-refractivity contribution in [2.24, 2.45) is 0 Å². The molecule has 0 saturated carbocycles. The number of imidazole rings is 2. The third kappa shape index (κ3) is 9.91. The average Bonchev–Trinajstić information content (AvgIpc) is 3.89. The van der Waals surface area contributed by atoms with Crippen LogP contribution in [0.2, 0.25) is 0 Å². The normalized spacial score (nSPS) is 29.6. The molecule has 37 heteroatoms. The standard InChI is InChI=1S/C24H31N10O22P5/c25-20-9-1-11-12(2-10(9)27-5-28-20)33(7-31-11)23-18(37)17(36)14(51-23)4-50-61(48,53-57(39,40)41)56-60(46,47)55-59(44,45)54-58(42,43)49-3-13-16(35)19(38)24(52-13)34-8-32-15-21(26)29-6-30-22(15)34/h1-2,5-8,13-14,16-19,23-24,35-38H,3-4H2,(H,42,43)(H,44,45)(H,46,47)(H2,25,27,28)(H2,26,29,30)(H2,39,40,41)/p-1/t13-,14-,16-,17-,18-,19-,23-,24-,61?/m1/s1. The summed E-state index contributed by atoms with van der Waals surface area (Å²) in [6.45, 7) is -2.53. The Morgan fingerprint density at radius 2 is 1.20 bits per heavy atom. The first-order chi connectivity index (χ1) is 28.3. The van der Waals surface area contributed by atoms with E-state index in [2.05, 4.69) is 56.2 Å². The second-order valence-corrected chi connectivity index (χ2v) is 20.5. The number of hydrogen-bond donors (Lipinski definition) is 10. The summed E-state index contributed by atoms with van der Waals surface area (Å²) < 4.78 is 101. The van der Waals surface area contributed by atoms with Gasteiger partial charge in [0.2, 0.25) is 0 Å². The number of nitrogen functional groups attached to an aromatic ring is 2. The number of nitrogens with zero attached hydrogens (tertiary/aromatic N) is 8. The molecule has 2 fully saturated rings. The maximum absolute atomic E-state index is 13.2. The van der Waals surface area contributed by atoms with E-state index in [0.717, 1.165) is 17.2 Å². The van der Waals surface area contributed by atoms with Gasteiger partial charge < -0.3 is 70.4 Å². The Balaban J connectivity index is 0.983. The summed E-state index contributed by atoms with van der Waals surface area (Å²) in [5, 5.41) is 42.9. The molecule has 5 aromatic rings. The zero-order valence-corrected chi connectivity index (χ0v) is 34.2. The number of aliphatic hydroxyl groups excluding tert-OH is 4. The van der Waals surface area contributed by atoms with E-state index in [4.69, 9.17) is 20.9 Å². The Hall–Kier alpha value is -3.35. The number of phosphoric acid groups is 5. The van der Waals surface area contributed by atoms with Gasteiger partial charge in [0.15, 0.2) is 23.9 Å². The summed E-state index contributed by atoms with van der Waals surface area (Å²) in [6, 6.07) is 3.01. The van der Waals surface area contributed by atoms with E-state index in [1.165, 1.54) is 29.4 Å². The van der Waals surface area contributed by atoms with Crippen LogP contribution in [0.25, 0.3) is 33.1 Å². The number of fused-ring (bicyclic) bond motifs is 3. The van der Waals surface area contributed by atoms with Crippen molar-refractivity contribution in [3.8, 4) is 0 Å². The van der Waals surface area contributed by atoms with E-state index in [-0.39, 0.29) is 28.3 Å². The molecule has 334 valence electrons. The first kappa shape index (κ1) is 45.7. The molecule has 0 bridgehead atoms. The Morgan fingerprint density at radius 1 is 0.639 bits per heavy atom. The Bertz CT molecular complexity index is 2720. The minimum Gasteiger partial charge on any atom is -0.756 e. The van der Waals surface area contributed by atoms with Crippen molar-refractivity contribution in [3.05, 3.63) is 37.4 Å². The monoisotopic (exact) mass is 965 g/mol. The van der Waals surface area contributed by atoms with Crippen LogP contribution in [0.3, 0.4) is 0 Å². The lowest BCUT2D eigenvalue weighted by molar-refractivity contribution is -0.212. The van der Waals surface area contributed by atoms with Gasteiger partial charge in [-0.1, -0.05) is 0 Å². The molecule has 5 unspecified atom stereocenters. The van der Waals surface area contributed by atoms with Crippen molar-refractivity contribution >= 4 is 83.8 Å². The van der Waals surface area contributed by atoms with Crippen LogP contribution >= 0.6 is 39.1 Å². The van der Waals surface area contributed by atoms with Gasteiger partial charge in [-0.3, -0.25) is 18.2 Å². The van der Waals surface area contributed by atoms with E-state index in [1.807, 2.05) is 0 Å². The molecule has 0 radical (unpaired) electrons. The summed E-state index contributed by atoms with van der Waals surface area (Å²) in [5.41, 5.74) is 12.7. The molecule has 2 saturated heterocycles. The number of phosphoric ester groups is 1. The van der Waals surface area contributed by atoms with Crippen molar-refractivity contribution in [2.45, 2.75) is 49.1 Å². The number of hydrogen-bond acceptors (Lipinski definition) is 26. The minimum atomic E-state index is -6.54. The predicted molar refractivity (Wildman–Crippen MR) is 192 cm³/mol. The molecule has 2 aliphatic rings. The molecule has 0 spiro atoms. The Kier molecular flexibility index (Phi) is 12.5. The van der Waals surface area contributed by atoms with Gasteiger partial charge in [-0.2, -0.15) is 12.9 Å². The fourth-order valence-electron chi connectivity index (χ4n) is 6.01. The van der Waals surface area contributed by atoms with Gasteiger partial charge in [0.05, 0.1) is 42.4 Å². The van der Waals surface area contributed by atoms with E-state index in [0.29, 0.717) is 16.4 Å². The maximum Gasteiger partial charge on any atom is 0.490 e. The number of aliphatic hydroxyl groups is 4. The van der Waals surface area contributed by atoms with Crippen LogP contribution in [0.4, 0.5) is 11.6 Å². The number of ether oxygens (including phenoxy) is 2. The highest BCUT2D eigenvalue weighted by Crippen LogP contribution is 2.74. The molecule has 32 nitrogen and oxygen atoms in total. The topological polar surface area (TPSA) is 483 Å². The summed E-state index contributed by atoms with van der Waals surface area (Å²) in [6.07, 6.45) is -9.33. The first-order valence-corrected chi connectivity index (χ1v) is 23.9. The van der Waals surface area contributed by atoms with Gasteiger partial charge in [-0.15, -0.1) is 0 Å². The molecule has 12 N–H and O–H groups in total. The van der Waals surface area contributed by atoms with Gasteiger partial charge in [-0.25, -0.2) is 52.5 Å². The summed E-state index contributed by atoms with van der Waals surface area (Å²) in [4.78, 5) is 74.8. The Morgan fingerprint density at radius 3 is 1.85 bits per heavy atom. The van der Waals surface area contributed by atoms with Crippen molar-refractivity contribution < 1.29 is 103 Å². The smallest absolute Gasteiger partial charge is 0.490 e. The first-order valence-electron chi connectivity index (χ1n) is 16.4. The van der Waals surface area contributed by atoms with Crippen LogP contribution in [0, 0.1) is 0 Å². The van der Waals surface area contributed by atoms with Crippen LogP contribution in [-0.4, -0.2) is 129 Å². The molecular formula is C24H30N10O22P5-. The van der Waals surface area contributed by atoms with E-state index < -0.39 is 101 Å². The lowest BCUT2D eigenvalue weighted by Gasteiger charge is -2.26. The number of anilines is 2. The summed E-state index contributed by atoms with van der Waals surface area (Å²) in [5.74, 6) is 0.0883. The highest BCUT2D eigenvalue weighted by atomic mass is 31.3. The molecule has 2 aliphatic heterocycles. The van der Waals surface area contributed by atoms with Crippen LogP contribution in [0.5, 0.6) is 0 Å². The molecule has 61 heavy (non-hydrogen) atoms. The molecular weight excluding hydrogens is 935 g/mol. The third-order valence-electron chi connectivity index (χ3n) is 8.59. The molecule has 0 aliphatic carbocycles. The van der Waals surface area contributed by atoms with Crippen LogP contribution in [-0.2, 0) is 58.6 Å². The number of aromatic nitrogens is 8. The average molecular weight is 965 g/mol. The second kappa shape index (κ2) is 16.6. The van der Waals surface area contributed by atoms with E-state index in [9.17, 15) is 67.7 Å². The van der Waals surface area contributed by atoms with Crippen molar-refractivity contribution in [1.82, 2.24) is 39.0 Å². The van der Waals surface area contributed by atoms with Crippen LogP contribution < -0.4 is 16.4 Å². The fourth-order valence-corrected chi connectivity index (χ4v) is 12.5. The molecule has 6 heterocycles. The maximum atomic E-state index is 13.2. The SMILES string of the molecule is Nc1ncnc2cc3c(cc12)ncn3[C@@H]1O[C@H](COP(=O)(OP(=O)([O-])O)OP(=O)(O)OP(=O)(O)OP(=O)(O)OC[C@H]2O[C@@H](n3cnc4c(N)ncnc43)[C@H](O)[C@@H]2O)[C@@H](O)[C@H]1O. The van der Waals surface area contributed by atoms with Gasteiger partial charge in [0, 0.05) is 5.39 Å². The van der Waals surface area contributed by atoms with E-state index >= 15 is 0 Å². The summed E-state index contributed by atoms with van der Waals surface area (Å²) >= 11 is 0. The third-order valence-corrected chi connectivity index (χ3v) is 16.1. The van der Waals surface area contributed by atoms with Crippen LogP contribution in [0.1, 0.15) is 12.5 Å². The molecule has 1 aromatic carbocycles. The van der Waals surface area contributed by atoms with Gasteiger partial charge in [-0.05, 0) is 12.1 Å². The minimum absolute atomic E-state index is 0.0432. The molecule has 7 rings (SSSR count). The second-order valence-electron chi connectivity index (χ2n) is 12.7. The van der Waals surface area contributed by atoms with Crippen LogP contribution in [0.15, 0.2) is 37.4 Å². The lowest BCUT2D eigenvalue weighted by Crippen LogP contribution is -2.33. The quantitative estimate of drug-likeness (QED) is 0.0487. The zero-order valence-electron chi connectivity index (χ0n) is 29.8. The van der Waals surface area contributed by atoms with Gasteiger partial charge >= 0.3 is 31.3 Å². The molecule has 13 atom stereocenters. The summed E-state index contributed by atoms with van der Waals surface area (Å²) in [7, 11) is -31.4. The number of nitrogens with two attached hydrogens (primary N) is 2. The van der Waals surface area contributed by atoms with Gasteiger partial charge in [0.1, 0.15) is 60.6 Å². The number of benzene rings is 1. The van der Waals surface area contributed by atoms with Crippen molar-refractivity contribution in [2.75, 3.05) is 24.7 Å².